The fraction of sp³-hybridized carbons (Fsp3) is 0.933. The van der Waals surface area contributed by atoms with E-state index in [-0.39, 0.29) is 17.8 Å². The van der Waals surface area contributed by atoms with Gasteiger partial charge in [-0.1, -0.05) is 0 Å². The summed E-state index contributed by atoms with van der Waals surface area (Å²) < 4.78 is 5.57. The molecular weight excluding hydrogens is 260 g/mol. The molecule has 0 aromatic heterocycles. The quantitative estimate of drug-likeness (QED) is 0.706. The van der Waals surface area contributed by atoms with Gasteiger partial charge in [0.25, 0.3) is 0 Å². The van der Waals surface area contributed by atoms with E-state index in [4.69, 9.17) is 4.74 Å². The van der Waals surface area contributed by atoms with E-state index in [0.29, 0.717) is 19.4 Å². The maximum atomic E-state index is 12.5. The number of aliphatic hydroxyl groups excluding tert-OH is 3. The number of aliphatic hydroxyl groups is 3. The molecule has 3 N–H and O–H groups in total. The van der Waals surface area contributed by atoms with Crippen LogP contribution in [0.4, 0.5) is 0 Å². The van der Waals surface area contributed by atoms with E-state index in [9.17, 15) is 20.1 Å². The highest BCUT2D eigenvalue weighted by Gasteiger charge is 2.42. The van der Waals surface area contributed by atoms with Crippen LogP contribution in [-0.2, 0) is 9.53 Å². The zero-order valence-electron chi connectivity index (χ0n) is 12.1. The third-order valence-corrected chi connectivity index (χ3v) is 4.77. The van der Waals surface area contributed by atoms with E-state index in [0.717, 1.165) is 25.7 Å². The Morgan fingerprint density at radius 1 is 1.00 bits per heavy atom. The summed E-state index contributed by atoms with van der Waals surface area (Å²) in [6.07, 6.45) is 1.23. The van der Waals surface area contributed by atoms with Gasteiger partial charge in [0, 0.05) is 18.4 Å². The van der Waals surface area contributed by atoms with Crippen LogP contribution in [0.3, 0.4) is 0 Å². The largest absolute Gasteiger partial charge is 0.390 e. The summed E-state index contributed by atoms with van der Waals surface area (Å²) in [7, 11) is 0. The molecular formula is C15H26O5. The van der Waals surface area contributed by atoms with Crippen LogP contribution in [0, 0.1) is 11.8 Å². The molecule has 0 aromatic carbocycles. The number of ketones is 1. The van der Waals surface area contributed by atoms with Crippen molar-refractivity contribution in [3.63, 3.8) is 0 Å². The molecule has 2 fully saturated rings. The number of Topliss-reactive ketones (excluding diaryl/α,β-unsaturated/α-hetero) is 1. The molecule has 0 saturated heterocycles. The summed E-state index contributed by atoms with van der Waals surface area (Å²) in [5.74, 6) is -0.505. The maximum absolute atomic E-state index is 12.5. The van der Waals surface area contributed by atoms with Gasteiger partial charge in [-0.05, 0) is 45.4 Å². The zero-order chi connectivity index (χ0) is 14.7. The molecule has 0 bridgehead atoms. The van der Waals surface area contributed by atoms with Gasteiger partial charge in [0.2, 0.25) is 0 Å². The van der Waals surface area contributed by atoms with Gasteiger partial charge in [-0.2, -0.15) is 0 Å². The van der Waals surface area contributed by atoms with Gasteiger partial charge in [-0.3, -0.25) is 4.79 Å². The van der Waals surface area contributed by atoms with Crippen molar-refractivity contribution in [3.05, 3.63) is 0 Å². The van der Waals surface area contributed by atoms with Gasteiger partial charge in [-0.25, -0.2) is 0 Å². The number of hydrogen-bond acceptors (Lipinski definition) is 5. The van der Waals surface area contributed by atoms with Gasteiger partial charge >= 0.3 is 0 Å². The lowest BCUT2D eigenvalue weighted by Gasteiger charge is -2.37. The van der Waals surface area contributed by atoms with Crippen molar-refractivity contribution in [1.82, 2.24) is 0 Å². The molecule has 20 heavy (non-hydrogen) atoms. The molecule has 0 aliphatic heterocycles. The molecule has 2 saturated carbocycles. The number of rotatable bonds is 4. The van der Waals surface area contributed by atoms with Crippen LogP contribution >= 0.6 is 0 Å². The van der Waals surface area contributed by atoms with Crippen molar-refractivity contribution in [2.24, 2.45) is 11.8 Å². The van der Waals surface area contributed by atoms with Crippen LogP contribution in [0.25, 0.3) is 0 Å². The van der Waals surface area contributed by atoms with E-state index < -0.39 is 24.2 Å². The second-order valence-electron chi connectivity index (χ2n) is 6.06. The van der Waals surface area contributed by atoms with E-state index >= 15 is 0 Å². The first-order chi connectivity index (χ1) is 9.54. The van der Waals surface area contributed by atoms with Crippen molar-refractivity contribution in [2.75, 3.05) is 6.61 Å². The number of hydrogen-bond donors (Lipinski definition) is 3. The SMILES string of the molecule is CCOC1CCC(C(=O)C2CCC(O)C(O)C2O)CC1. The van der Waals surface area contributed by atoms with E-state index in [1.165, 1.54) is 0 Å². The fourth-order valence-electron chi connectivity index (χ4n) is 3.52. The van der Waals surface area contributed by atoms with E-state index in [1.54, 1.807) is 0 Å². The van der Waals surface area contributed by atoms with Crippen molar-refractivity contribution in [1.29, 1.82) is 0 Å². The zero-order valence-corrected chi connectivity index (χ0v) is 12.1. The predicted octanol–water partition coefficient (Wildman–Crippen LogP) is 0.643. The summed E-state index contributed by atoms with van der Waals surface area (Å²) in [5, 5.41) is 29.2. The van der Waals surface area contributed by atoms with Crippen LogP contribution in [0.5, 0.6) is 0 Å². The fourth-order valence-corrected chi connectivity index (χ4v) is 3.52. The minimum absolute atomic E-state index is 0.0335. The molecule has 0 radical (unpaired) electrons. The van der Waals surface area contributed by atoms with Gasteiger partial charge in [0.1, 0.15) is 11.9 Å². The molecule has 0 amide bonds. The summed E-state index contributed by atoms with van der Waals surface area (Å²) in [4.78, 5) is 12.5. The third-order valence-electron chi connectivity index (χ3n) is 4.77. The first-order valence-corrected chi connectivity index (χ1v) is 7.74. The van der Waals surface area contributed by atoms with Crippen LogP contribution in [0.2, 0.25) is 0 Å². The maximum Gasteiger partial charge on any atom is 0.141 e. The van der Waals surface area contributed by atoms with Crippen LogP contribution < -0.4 is 0 Å². The summed E-state index contributed by atoms with van der Waals surface area (Å²) in [5.41, 5.74) is 0. The molecule has 4 unspecified atom stereocenters. The van der Waals surface area contributed by atoms with Crippen molar-refractivity contribution >= 4 is 5.78 Å². The minimum Gasteiger partial charge on any atom is -0.390 e. The Kier molecular flexibility index (Phi) is 5.55. The molecule has 2 rings (SSSR count). The molecule has 0 heterocycles. The Morgan fingerprint density at radius 2 is 1.65 bits per heavy atom. The summed E-state index contributed by atoms with van der Waals surface area (Å²) in [6, 6.07) is 0. The van der Waals surface area contributed by atoms with Crippen LogP contribution in [0.1, 0.15) is 45.4 Å². The molecule has 2 aliphatic rings. The highest BCUT2D eigenvalue weighted by atomic mass is 16.5. The number of ether oxygens (including phenoxy) is 1. The van der Waals surface area contributed by atoms with Gasteiger partial charge in [0.05, 0.1) is 18.3 Å². The van der Waals surface area contributed by atoms with E-state index in [2.05, 4.69) is 0 Å². The van der Waals surface area contributed by atoms with Crippen LogP contribution in [-0.4, -0.2) is 52.1 Å². The topological polar surface area (TPSA) is 87.0 Å². The van der Waals surface area contributed by atoms with Gasteiger partial charge in [0.15, 0.2) is 0 Å². The monoisotopic (exact) mass is 286 g/mol. The van der Waals surface area contributed by atoms with Crippen LogP contribution in [0.15, 0.2) is 0 Å². The normalized spacial score (nSPS) is 42.4. The second kappa shape index (κ2) is 6.98. The average molecular weight is 286 g/mol. The van der Waals surface area contributed by atoms with Crippen molar-refractivity contribution in [3.8, 4) is 0 Å². The summed E-state index contributed by atoms with van der Waals surface area (Å²) in [6.45, 7) is 2.68. The smallest absolute Gasteiger partial charge is 0.141 e. The lowest BCUT2D eigenvalue weighted by atomic mass is 9.73. The first kappa shape index (κ1) is 15.9. The first-order valence-electron chi connectivity index (χ1n) is 7.74. The Balaban J connectivity index is 1.89. The predicted molar refractivity (Wildman–Crippen MR) is 73.1 cm³/mol. The lowest BCUT2D eigenvalue weighted by molar-refractivity contribution is -0.148. The Labute approximate surface area is 119 Å². The molecule has 5 heteroatoms. The van der Waals surface area contributed by atoms with Gasteiger partial charge < -0.3 is 20.1 Å². The molecule has 2 aliphatic carbocycles. The lowest BCUT2D eigenvalue weighted by Crippen LogP contribution is -2.50. The average Bonchev–Trinajstić information content (AvgIpc) is 2.45. The number of carbonyl (C=O) groups is 1. The molecule has 0 aromatic rings. The molecule has 116 valence electrons. The van der Waals surface area contributed by atoms with Gasteiger partial charge in [-0.15, -0.1) is 0 Å². The highest BCUT2D eigenvalue weighted by molar-refractivity contribution is 5.84. The van der Waals surface area contributed by atoms with Crippen molar-refractivity contribution < 1.29 is 24.9 Å². The Morgan fingerprint density at radius 3 is 2.25 bits per heavy atom. The second-order valence-corrected chi connectivity index (χ2v) is 6.06. The number of carbonyl (C=O) groups excluding carboxylic acids is 1. The molecule has 5 nitrogen and oxygen atoms in total. The molecule has 4 atom stereocenters. The highest BCUT2D eigenvalue weighted by Crippen LogP contribution is 2.34. The van der Waals surface area contributed by atoms with E-state index in [1.807, 2.05) is 6.92 Å². The summed E-state index contributed by atoms with van der Waals surface area (Å²) >= 11 is 0. The van der Waals surface area contributed by atoms with Crippen molar-refractivity contribution in [2.45, 2.75) is 69.9 Å². The molecule has 0 spiro atoms. The standard InChI is InChI=1S/C15H26O5/c1-2-20-10-5-3-9(4-6-10)13(17)11-7-8-12(16)15(19)14(11)18/h9-12,14-16,18-19H,2-8H2,1H3. The minimum atomic E-state index is -1.20. The Bertz CT molecular complexity index is 324. The third kappa shape index (κ3) is 3.39. The Hall–Kier alpha value is -0.490.